The molecule has 3 heterocycles. The Morgan fingerprint density at radius 1 is 1.57 bits per heavy atom. The van der Waals surface area contributed by atoms with Gasteiger partial charge in [-0.25, -0.2) is 4.79 Å². The smallest absolute Gasteiger partial charge is 0.411 e. The topological polar surface area (TPSA) is 41.6 Å². The lowest BCUT2D eigenvalue weighted by molar-refractivity contribution is -0.00665. The standard InChI is InChI=1S/C18H22N2O2S/c1-3-13-11-20-8-7-14(13)9-16(20)12-22-18(21)19-15-5-4-6-17(10-15)23-2/h1,4-6,10,13-14,16H,7-9,11-12H2,2H3,(H,19,21). The Labute approximate surface area is 142 Å². The van der Waals surface area contributed by atoms with Crippen LogP contribution in [0, 0.1) is 24.2 Å². The second-order valence-corrected chi connectivity index (χ2v) is 7.04. The van der Waals surface area contributed by atoms with Crippen LogP contribution in [0.4, 0.5) is 10.5 Å². The predicted octanol–water partition coefficient (Wildman–Crippen LogP) is 3.30. The van der Waals surface area contributed by atoms with E-state index in [0.717, 1.165) is 30.1 Å². The van der Waals surface area contributed by atoms with E-state index in [2.05, 4.69) is 16.1 Å². The molecule has 1 aromatic rings. The lowest BCUT2D eigenvalue weighted by Crippen LogP contribution is -2.54. The summed E-state index contributed by atoms with van der Waals surface area (Å²) < 4.78 is 5.43. The molecule has 4 nitrogen and oxygen atoms in total. The zero-order valence-electron chi connectivity index (χ0n) is 13.3. The van der Waals surface area contributed by atoms with Crippen molar-refractivity contribution in [2.75, 3.05) is 31.3 Å². The monoisotopic (exact) mass is 330 g/mol. The first-order valence-corrected chi connectivity index (χ1v) is 9.20. The van der Waals surface area contributed by atoms with Crippen LogP contribution in [-0.2, 0) is 4.74 Å². The van der Waals surface area contributed by atoms with Crippen LogP contribution in [0.25, 0.3) is 0 Å². The SMILES string of the molecule is C#CC1CN2CCC1CC2COC(=O)Nc1cccc(SC)c1. The maximum absolute atomic E-state index is 12.0. The maximum atomic E-state index is 12.0. The number of amides is 1. The molecule has 4 rings (SSSR count). The summed E-state index contributed by atoms with van der Waals surface area (Å²) in [5.41, 5.74) is 0.764. The van der Waals surface area contributed by atoms with Crippen molar-refractivity contribution in [2.24, 2.45) is 11.8 Å². The van der Waals surface area contributed by atoms with E-state index >= 15 is 0 Å². The van der Waals surface area contributed by atoms with E-state index in [0.29, 0.717) is 24.5 Å². The van der Waals surface area contributed by atoms with Crippen LogP contribution in [0.1, 0.15) is 12.8 Å². The number of rotatable bonds is 4. The number of benzene rings is 1. The van der Waals surface area contributed by atoms with Crippen LogP contribution >= 0.6 is 11.8 Å². The highest BCUT2D eigenvalue weighted by molar-refractivity contribution is 7.98. The highest BCUT2D eigenvalue weighted by Gasteiger charge is 2.39. The molecule has 1 N–H and O–H groups in total. The number of piperidine rings is 3. The largest absolute Gasteiger partial charge is 0.448 e. The number of nitrogens with one attached hydrogen (secondary N) is 1. The highest BCUT2D eigenvalue weighted by Crippen LogP contribution is 2.35. The van der Waals surface area contributed by atoms with Crippen molar-refractivity contribution in [1.29, 1.82) is 0 Å². The van der Waals surface area contributed by atoms with Gasteiger partial charge in [-0.15, -0.1) is 24.1 Å². The van der Waals surface area contributed by atoms with E-state index in [9.17, 15) is 4.79 Å². The number of carbonyl (C=O) groups excluding carboxylic acids is 1. The first kappa shape index (κ1) is 16.2. The molecule has 3 aliphatic heterocycles. The molecule has 4 atom stereocenters. The molecule has 0 radical (unpaired) electrons. The summed E-state index contributed by atoms with van der Waals surface area (Å²) in [6.45, 7) is 2.43. The molecule has 0 spiro atoms. The van der Waals surface area contributed by atoms with Crippen molar-refractivity contribution >= 4 is 23.5 Å². The fraction of sp³-hybridized carbons (Fsp3) is 0.500. The normalized spacial score (nSPS) is 28.9. The molecular formula is C18H22N2O2S. The van der Waals surface area contributed by atoms with Gasteiger partial charge in [-0.3, -0.25) is 10.2 Å². The van der Waals surface area contributed by atoms with Crippen LogP contribution < -0.4 is 5.32 Å². The van der Waals surface area contributed by atoms with Gasteiger partial charge in [0.2, 0.25) is 0 Å². The van der Waals surface area contributed by atoms with Gasteiger partial charge >= 0.3 is 6.09 Å². The Morgan fingerprint density at radius 2 is 2.43 bits per heavy atom. The Hall–Kier alpha value is -1.64. The highest BCUT2D eigenvalue weighted by atomic mass is 32.2. The van der Waals surface area contributed by atoms with Crippen molar-refractivity contribution in [3.63, 3.8) is 0 Å². The predicted molar refractivity (Wildman–Crippen MR) is 93.6 cm³/mol. The fourth-order valence-electron chi connectivity index (χ4n) is 3.53. The third-order valence-electron chi connectivity index (χ3n) is 4.82. The van der Waals surface area contributed by atoms with Crippen LogP contribution in [-0.4, -0.2) is 43.0 Å². The lowest BCUT2D eigenvalue weighted by atomic mass is 9.76. The molecule has 3 fully saturated rings. The van der Waals surface area contributed by atoms with Gasteiger partial charge in [0.05, 0.1) is 0 Å². The minimum Gasteiger partial charge on any atom is -0.448 e. The molecule has 0 aromatic heterocycles. The minimum atomic E-state index is -0.389. The molecule has 3 saturated heterocycles. The molecule has 0 saturated carbocycles. The molecule has 5 heteroatoms. The van der Waals surface area contributed by atoms with Crippen LogP contribution in [0.15, 0.2) is 29.2 Å². The Balaban J connectivity index is 1.49. The summed E-state index contributed by atoms with van der Waals surface area (Å²) in [7, 11) is 0. The number of anilines is 1. The van der Waals surface area contributed by atoms with Crippen LogP contribution in [0.2, 0.25) is 0 Å². The van der Waals surface area contributed by atoms with E-state index in [1.807, 2.05) is 30.5 Å². The first-order chi connectivity index (χ1) is 11.2. The number of hydrogen-bond acceptors (Lipinski definition) is 4. The average molecular weight is 330 g/mol. The van der Waals surface area contributed by atoms with Crippen molar-refractivity contribution < 1.29 is 9.53 Å². The van der Waals surface area contributed by atoms with Crippen molar-refractivity contribution in [1.82, 2.24) is 4.90 Å². The number of ether oxygens (including phenoxy) is 1. The zero-order chi connectivity index (χ0) is 16.2. The molecule has 1 aromatic carbocycles. The van der Waals surface area contributed by atoms with Gasteiger partial charge in [0.1, 0.15) is 6.61 Å². The molecule has 3 aliphatic rings. The van der Waals surface area contributed by atoms with Gasteiger partial charge in [-0.1, -0.05) is 6.07 Å². The van der Waals surface area contributed by atoms with Gasteiger partial charge in [0.15, 0.2) is 0 Å². The van der Waals surface area contributed by atoms with Crippen molar-refractivity contribution in [3.8, 4) is 12.3 Å². The van der Waals surface area contributed by atoms with Crippen LogP contribution in [0.5, 0.6) is 0 Å². The first-order valence-electron chi connectivity index (χ1n) is 7.97. The van der Waals surface area contributed by atoms with Gasteiger partial charge in [0, 0.05) is 29.1 Å². The number of carbonyl (C=O) groups is 1. The van der Waals surface area contributed by atoms with Crippen LogP contribution in [0.3, 0.4) is 0 Å². The molecule has 122 valence electrons. The third-order valence-corrected chi connectivity index (χ3v) is 5.54. The summed E-state index contributed by atoms with van der Waals surface area (Å²) in [5.74, 6) is 3.85. The zero-order valence-corrected chi connectivity index (χ0v) is 14.1. The van der Waals surface area contributed by atoms with Gasteiger partial charge in [0.25, 0.3) is 0 Å². The summed E-state index contributed by atoms with van der Waals surface area (Å²) >= 11 is 1.64. The van der Waals surface area contributed by atoms with Gasteiger partial charge in [-0.05, 0) is 49.8 Å². The van der Waals surface area contributed by atoms with E-state index in [1.54, 1.807) is 11.8 Å². The van der Waals surface area contributed by atoms with E-state index < -0.39 is 0 Å². The molecule has 23 heavy (non-hydrogen) atoms. The summed E-state index contributed by atoms with van der Waals surface area (Å²) in [6.07, 6.45) is 9.41. The molecule has 2 bridgehead atoms. The minimum absolute atomic E-state index is 0.307. The molecule has 4 unspecified atom stereocenters. The number of nitrogens with zero attached hydrogens (tertiary/aromatic N) is 1. The Bertz CT molecular complexity index is 613. The Morgan fingerprint density at radius 3 is 3.13 bits per heavy atom. The second kappa shape index (κ2) is 7.29. The molecular weight excluding hydrogens is 308 g/mol. The lowest BCUT2D eigenvalue weighted by Gasteiger charge is -2.48. The third kappa shape index (κ3) is 3.82. The summed E-state index contributed by atoms with van der Waals surface area (Å²) in [4.78, 5) is 15.5. The van der Waals surface area contributed by atoms with E-state index in [-0.39, 0.29) is 6.09 Å². The van der Waals surface area contributed by atoms with Gasteiger partial charge < -0.3 is 4.74 Å². The number of hydrogen-bond donors (Lipinski definition) is 1. The maximum Gasteiger partial charge on any atom is 0.411 e. The average Bonchev–Trinajstić information content (AvgIpc) is 2.60. The van der Waals surface area contributed by atoms with E-state index in [1.165, 1.54) is 6.42 Å². The molecule has 0 aliphatic carbocycles. The van der Waals surface area contributed by atoms with Crippen molar-refractivity contribution in [3.05, 3.63) is 24.3 Å². The fourth-order valence-corrected chi connectivity index (χ4v) is 3.99. The number of thioether (sulfide) groups is 1. The number of fused-ring (bicyclic) bond motifs is 3. The number of terminal acetylenes is 1. The second-order valence-electron chi connectivity index (χ2n) is 6.16. The van der Waals surface area contributed by atoms with E-state index in [4.69, 9.17) is 11.2 Å². The molecule has 1 amide bonds. The quantitative estimate of drug-likeness (QED) is 0.679. The summed E-state index contributed by atoms with van der Waals surface area (Å²) in [6, 6.07) is 8.05. The Kier molecular flexibility index (Phi) is 5.14. The van der Waals surface area contributed by atoms with Gasteiger partial charge in [-0.2, -0.15) is 0 Å². The van der Waals surface area contributed by atoms with Crippen molar-refractivity contribution in [2.45, 2.75) is 23.8 Å². The summed E-state index contributed by atoms with van der Waals surface area (Å²) in [5, 5.41) is 2.79.